The molecule has 2 rings (SSSR count). The number of urea groups is 1. The quantitative estimate of drug-likeness (QED) is 0.786. The summed E-state index contributed by atoms with van der Waals surface area (Å²) in [6.45, 7) is 4.07. The maximum atomic E-state index is 12.6. The fourth-order valence-corrected chi connectivity index (χ4v) is 4.63. The molecule has 120 valence electrons. The Morgan fingerprint density at radius 1 is 1.19 bits per heavy atom. The van der Waals surface area contributed by atoms with Gasteiger partial charge in [-0.25, -0.2) is 9.59 Å². The van der Waals surface area contributed by atoms with Crippen molar-refractivity contribution in [3.63, 3.8) is 0 Å². The highest BCUT2D eigenvalue weighted by atomic mass is 32.2. The lowest BCUT2D eigenvalue weighted by atomic mass is 10.1. The van der Waals surface area contributed by atoms with Gasteiger partial charge in [0.1, 0.15) is 6.04 Å². The number of hydrogen-bond donors (Lipinski definition) is 2. The topological polar surface area (TPSA) is 69.6 Å². The molecule has 0 spiro atoms. The number of rotatable bonds is 3. The Balaban J connectivity index is 2.03. The van der Waals surface area contributed by atoms with Crippen LogP contribution in [0.1, 0.15) is 52.4 Å². The molecule has 5 nitrogen and oxygen atoms in total. The van der Waals surface area contributed by atoms with Gasteiger partial charge in [0.05, 0.1) is 5.37 Å². The molecule has 1 aliphatic carbocycles. The Labute approximate surface area is 130 Å². The van der Waals surface area contributed by atoms with E-state index in [0.717, 1.165) is 25.7 Å². The fraction of sp³-hybridized carbons (Fsp3) is 0.867. The van der Waals surface area contributed by atoms with Crippen molar-refractivity contribution in [1.82, 2.24) is 10.2 Å². The SMILES string of the molecule is CC(C)C1SCC(C(=O)O)N1C(=O)NC1CCCCCC1. The number of nitrogens with one attached hydrogen (secondary N) is 1. The van der Waals surface area contributed by atoms with Gasteiger partial charge in [0, 0.05) is 11.8 Å². The van der Waals surface area contributed by atoms with Gasteiger partial charge in [0.2, 0.25) is 0 Å². The van der Waals surface area contributed by atoms with Crippen molar-refractivity contribution in [3.8, 4) is 0 Å². The van der Waals surface area contributed by atoms with Crippen LogP contribution in [0.15, 0.2) is 0 Å². The lowest BCUT2D eigenvalue weighted by Gasteiger charge is -2.31. The summed E-state index contributed by atoms with van der Waals surface area (Å²) >= 11 is 1.57. The highest BCUT2D eigenvalue weighted by Crippen LogP contribution is 2.34. The summed E-state index contributed by atoms with van der Waals surface area (Å²) in [5.41, 5.74) is 0. The Morgan fingerprint density at radius 2 is 1.81 bits per heavy atom. The molecule has 0 bridgehead atoms. The third kappa shape index (κ3) is 4.05. The van der Waals surface area contributed by atoms with Crippen LogP contribution in [-0.4, -0.2) is 45.2 Å². The van der Waals surface area contributed by atoms with E-state index in [-0.39, 0.29) is 23.4 Å². The number of carbonyl (C=O) groups excluding carboxylic acids is 1. The average Bonchev–Trinajstić information content (AvgIpc) is 2.73. The second-order valence-corrected chi connectivity index (χ2v) is 7.52. The van der Waals surface area contributed by atoms with E-state index in [9.17, 15) is 14.7 Å². The number of carboxylic acids is 1. The Kier molecular flexibility index (Phi) is 5.79. The zero-order valence-corrected chi connectivity index (χ0v) is 13.7. The molecular weight excluding hydrogens is 288 g/mol. The zero-order chi connectivity index (χ0) is 15.4. The van der Waals surface area contributed by atoms with Crippen molar-refractivity contribution < 1.29 is 14.7 Å². The van der Waals surface area contributed by atoms with Crippen LogP contribution in [0.4, 0.5) is 4.79 Å². The highest BCUT2D eigenvalue weighted by Gasteiger charge is 2.43. The van der Waals surface area contributed by atoms with Crippen LogP contribution in [0.2, 0.25) is 0 Å². The summed E-state index contributed by atoms with van der Waals surface area (Å²) in [5.74, 6) is -0.170. The van der Waals surface area contributed by atoms with Crippen LogP contribution in [-0.2, 0) is 4.79 Å². The minimum atomic E-state index is -0.901. The van der Waals surface area contributed by atoms with E-state index in [1.54, 1.807) is 16.7 Å². The van der Waals surface area contributed by atoms with Crippen molar-refractivity contribution in [2.75, 3.05) is 5.75 Å². The largest absolute Gasteiger partial charge is 0.480 e. The first kappa shape index (κ1) is 16.5. The number of hydrogen-bond acceptors (Lipinski definition) is 3. The van der Waals surface area contributed by atoms with Crippen LogP contribution in [0, 0.1) is 5.92 Å². The summed E-state index contributed by atoms with van der Waals surface area (Å²) < 4.78 is 0. The number of nitrogens with zero attached hydrogens (tertiary/aromatic N) is 1. The van der Waals surface area contributed by atoms with Crippen molar-refractivity contribution in [2.24, 2.45) is 5.92 Å². The standard InChI is InChI=1S/C15H26N2O3S/c1-10(2)13-17(12(9-21-13)14(18)19)15(20)16-11-7-5-3-4-6-8-11/h10-13H,3-9H2,1-2H3,(H,16,20)(H,18,19). The maximum Gasteiger partial charge on any atom is 0.327 e. The molecule has 1 aliphatic heterocycles. The molecule has 1 saturated carbocycles. The molecule has 1 saturated heterocycles. The molecule has 0 aromatic carbocycles. The first-order valence-corrected chi connectivity index (χ1v) is 8.99. The molecule has 21 heavy (non-hydrogen) atoms. The molecular formula is C15H26N2O3S. The van der Waals surface area contributed by atoms with Crippen molar-refractivity contribution >= 4 is 23.8 Å². The molecule has 0 aromatic rings. The molecule has 0 aromatic heterocycles. The lowest BCUT2D eigenvalue weighted by Crippen LogP contribution is -2.53. The van der Waals surface area contributed by atoms with Gasteiger partial charge in [-0.1, -0.05) is 39.5 Å². The highest BCUT2D eigenvalue weighted by molar-refractivity contribution is 8.00. The number of carboxylic acid groups (broad SMARTS) is 1. The second kappa shape index (κ2) is 7.38. The van der Waals surface area contributed by atoms with E-state index in [0.29, 0.717) is 5.75 Å². The molecule has 0 radical (unpaired) electrons. The van der Waals surface area contributed by atoms with E-state index < -0.39 is 12.0 Å². The number of carbonyl (C=O) groups is 2. The first-order valence-electron chi connectivity index (χ1n) is 7.94. The van der Waals surface area contributed by atoms with E-state index in [4.69, 9.17) is 0 Å². The van der Waals surface area contributed by atoms with Gasteiger partial charge in [0.25, 0.3) is 0 Å². The Hall–Kier alpha value is -0.910. The number of thioether (sulfide) groups is 1. The van der Waals surface area contributed by atoms with Crippen LogP contribution in [0.5, 0.6) is 0 Å². The van der Waals surface area contributed by atoms with Gasteiger partial charge in [-0.3, -0.25) is 4.90 Å². The predicted octanol–water partition coefficient (Wildman–Crippen LogP) is 2.90. The van der Waals surface area contributed by atoms with Crippen LogP contribution >= 0.6 is 11.8 Å². The molecule has 2 fully saturated rings. The van der Waals surface area contributed by atoms with Crippen molar-refractivity contribution in [3.05, 3.63) is 0 Å². The Morgan fingerprint density at radius 3 is 2.33 bits per heavy atom. The van der Waals surface area contributed by atoms with E-state index in [1.165, 1.54) is 12.8 Å². The summed E-state index contributed by atoms with van der Waals surface area (Å²) in [7, 11) is 0. The molecule has 1 heterocycles. The summed E-state index contributed by atoms with van der Waals surface area (Å²) in [4.78, 5) is 25.5. The fourth-order valence-electron chi connectivity index (χ4n) is 3.16. The van der Waals surface area contributed by atoms with E-state index in [1.807, 2.05) is 13.8 Å². The molecule has 2 N–H and O–H groups in total. The minimum Gasteiger partial charge on any atom is -0.480 e. The second-order valence-electron chi connectivity index (χ2n) is 6.37. The molecule has 6 heteroatoms. The van der Waals surface area contributed by atoms with Gasteiger partial charge < -0.3 is 10.4 Å². The van der Waals surface area contributed by atoms with Gasteiger partial charge in [-0.15, -0.1) is 11.8 Å². The van der Waals surface area contributed by atoms with Gasteiger partial charge >= 0.3 is 12.0 Å². The molecule has 2 unspecified atom stereocenters. The van der Waals surface area contributed by atoms with E-state index in [2.05, 4.69) is 5.32 Å². The monoisotopic (exact) mass is 314 g/mol. The average molecular weight is 314 g/mol. The lowest BCUT2D eigenvalue weighted by molar-refractivity contribution is -0.141. The first-order chi connectivity index (χ1) is 10.0. The maximum absolute atomic E-state index is 12.6. The third-order valence-corrected chi connectivity index (χ3v) is 5.93. The van der Waals surface area contributed by atoms with Gasteiger partial charge in [-0.05, 0) is 18.8 Å². The summed E-state index contributed by atoms with van der Waals surface area (Å²) in [6.07, 6.45) is 6.79. The van der Waals surface area contributed by atoms with Crippen molar-refractivity contribution in [2.45, 2.75) is 69.8 Å². The number of amides is 2. The molecule has 2 aliphatic rings. The summed E-state index contributed by atoms with van der Waals surface area (Å²) in [6, 6.07) is -0.695. The minimum absolute atomic E-state index is 0.0446. The smallest absolute Gasteiger partial charge is 0.327 e. The van der Waals surface area contributed by atoms with Crippen molar-refractivity contribution in [1.29, 1.82) is 0 Å². The zero-order valence-electron chi connectivity index (χ0n) is 12.9. The molecule has 2 amide bonds. The summed E-state index contributed by atoms with van der Waals surface area (Å²) in [5, 5.41) is 12.4. The third-order valence-electron chi connectivity index (χ3n) is 4.31. The van der Waals surface area contributed by atoms with E-state index >= 15 is 0 Å². The van der Waals surface area contributed by atoms with Crippen LogP contribution in [0.3, 0.4) is 0 Å². The molecule has 2 atom stereocenters. The van der Waals surface area contributed by atoms with Gasteiger partial charge in [-0.2, -0.15) is 0 Å². The Bertz CT molecular complexity index is 381. The number of aliphatic carboxylic acids is 1. The normalized spacial score (nSPS) is 27.7. The predicted molar refractivity (Wildman–Crippen MR) is 84.4 cm³/mol. The van der Waals surface area contributed by atoms with Crippen LogP contribution < -0.4 is 5.32 Å². The van der Waals surface area contributed by atoms with Crippen LogP contribution in [0.25, 0.3) is 0 Å². The van der Waals surface area contributed by atoms with Gasteiger partial charge in [0.15, 0.2) is 0 Å².